The molecule has 0 aliphatic heterocycles. The Hall–Kier alpha value is -0.670. The summed E-state index contributed by atoms with van der Waals surface area (Å²) in [5, 5.41) is 6.96. The first-order valence-corrected chi connectivity index (χ1v) is 8.09. The molecule has 0 spiro atoms. The molecule has 0 aliphatic rings. The molecule has 19 heavy (non-hydrogen) atoms. The number of benzene rings is 1. The molecular formula is C12H11BrIN3OS. The van der Waals surface area contributed by atoms with Gasteiger partial charge >= 0.3 is 0 Å². The molecule has 0 fully saturated rings. The van der Waals surface area contributed by atoms with Crippen LogP contribution in [0.1, 0.15) is 11.3 Å². The molecule has 0 radical (unpaired) electrons. The third kappa shape index (κ3) is 3.90. The molecule has 0 aliphatic carbocycles. The molecule has 100 valence electrons. The van der Waals surface area contributed by atoms with Crippen molar-refractivity contribution in [1.82, 2.24) is 4.98 Å². The summed E-state index contributed by atoms with van der Waals surface area (Å²) < 4.78 is 7.21. The first-order valence-electron chi connectivity index (χ1n) is 5.34. The van der Waals surface area contributed by atoms with Gasteiger partial charge in [0.15, 0.2) is 0 Å². The predicted molar refractivity (Wildman–Crippen MR) is 91.5 cm³/mol. The third-order valence-corrected chi connectivity index (χ3v) is 4.67. The SMILES string of the molecule is COc1cc(I)c(C=NNc2nc(C)cs2)cc1Br. The van der Waals surface area contributed by atoms with Gasteiger partial charge in [-0.15, -0.1) is 11.3 Å². The Morgan fingerprint density at radius 3 is 2.95 bits per heavy atom. The molecule has 2 aromatic rings. The fourth-order valence-electron chi connectivity index (χ4n) is 1.36. The lowest BCUT2D eigenvalue weighted by Gasteiger charge is -2.06. The number of anilines is 1. The smallest absolute Gasteiger partial charge is 0.203 e. The van der Waals surface area contributed by atoms with Crippen LogP contribution in [0, 0.1) is 10.5 Å². The Morgan fingerprint density at radius 2 is 2.32 bits per heavy atom. The maximum atomic E-state index is 5.24. The van der Waals surface area contributed by atoms with Crippen molar-refractivity contribution in [3.63, 3.8) is 0 Å². The quantitative estimate of drug-likeness (QED) is 0.429. The van der Waals surface area contributed by atoms with E-state index in [2.05, 4.69) is 54.0 Å². The first kappa shape index (κ1) is 14.7. The molecule has 4 nitrogen and oxygen atoms in total. The molecule has 1 N–H and O–H groups in total. The Labute approximate surface area is 137 Å². The highest BCUT2D eigenvalue weighted by Gasteiger charge is 2.05. The lowest BCUT2D eigenvalue weighted by molar-refractivity contribution is 0.412. The monoisotopic (exact) mass is 451 g/mol. The van der Waals surface area contributed by atoms with Gasteiger partial charge in [0.05, 0.1) is 23.5 Å². The van der Waals surface area contributed by atoms with E-state index in [4.69, 9.17) is 4.74 Å². The van der Waals surface area contributed by atoms with Crippen LogP contribution in [0.25, 0.3) is 0 Å². The Morgan fingerprint density at radius 1 is 1.53 bits per heavy atom. The number of aromatic nitrogens is 1. The number of methoxy groups -OCH3 is 1. The van der Waals surface area contributed by atoms with Gasteiger partial charge in [0, 0.05) is 14.5 Å². The maximum Gasteiger partial charge on any atom is 0.203 e. The zero-order valence-corrected chi connectivity index (χ0v) is 14.8. The van der Waals surface area contributed by atoms with Crippen LogP contribution in [0.5, 0.6) is 5.75 Å². The number of nitrogens with one attached hydrogen (secondary N) is 1. The van der Waals surface area contributed by atoms with E-state index in [-0.39, 0.29) is 0 Å². The highest BCUT2D eigenvalue weighted by atomic mass is 127. The van der Waals surface area contributed by atoms with Crippen LogP contribution in [0.15, 0.2) is 27.1 Å². The molecule has 7 heteroatoms. The van der Waals surface area contributed by atoms with E-state index in [1.165, 1.54) is 11.3 Å². The van der Waals surface area contributed by atoms with Crippen molar-refractivity contribution >= 4 is 61.2 Å². The van der Waals surface area contributed by atoms with Crippen LogP contribution in [0.2, 0.25) is 0 Å². The molecule has 2 rings (SSSR count). The minimum atomic E-state index is 0.788. The molecule has 0 saturated carbocycles. The van der Waals surface area contributed by atoms with E-state index < -0.39 is 0 Å². The van der Waals surface area contributed by atoms with Gasteiger partial charge in [-0.25, -0.2) is 4.98 Å². The van der Waals surface area contributed by atoms with Gasteiger partial charge in [0.2, 0.25) is 5.13 Å². The lowest BCUT2D eigenvalue weighted by Crippen LogP contribution is -1.94. The van der Waals surface area contributed by atoms with Crippen molar-refractivity contribution < 1.29 is 4.74 Å². The van der Waals surface area contributed by atoms with E-state index in [1.54, 1.807) is 13.3 Å². The van der Waals surface area contributed by atoms with E-state index >= 15 is 0 Å². The summed E-state index contributed by atoms with van der Waals surface area (Å²) in [5.41, 5.74) is 4.91. The summed E-state index contributed by atoms with van der Waals surface area (Å²) in [6.07, 6.45) is 1.77. The summed E-state index contributed by atoms with van der Waals surface area (Å²) in [6.45, 7) is 1.95. The second-order valence-electron chi connectivity index (χ2n) is 3.67. The van der Waals surface area contributed by atoms with Crippen LogP contribution in [0.4, 0.5) is 5.13 Å². The highest BCUT2D eigenvalue weighted by Crippen LogP contribution is 2.28. The van der Waals surface area contributed by atoms with Crippen LogP contribution >= 0.6 is 49.9 Å². The summed E-state index contributed by atoms with van der Waals surface area (Å²) in [5.74, 6) is 0.810. The fraction of sp³-hybridized carbons (Fsp3) is 0.167. The topological polar surface area (TPSA) is 46.5 Å². The number of hydrogen-bond donors (Lipinski definition) is 1. The van der Waals surface area contributed by atoms with Gasteiger partial charge in [0.1, 0.15) is 5.75 Å². The second kappa shape index (κ2) is 6.67. The maximum absolute atomic E-state index is 5.24. The number of rotatable bonds is 4. The van der Waals surface area contributed by atoms with Crippen LogP contribution in [-0.4, -0.2) is 18.3 Å². The van der Waals surface area contributed by atoms with Crippen molar-refractivity contribution in [2.24, 2.45) is 5.10 Å². The molecule has 0 unspecified atom stereocenters. The van der Waals surface area contributed by atoms with Crippen LogP contribution in [-0.2, 0) is 0 Å². The fourth-order valence-corrected chi connectivity index (χ4v) is 3.10. The predicted octanol–water partition coefficient (Wildman–Crippen LogP) is 4.27. The molecule has 1 heterocycles. The van der Waals surface area contributed by atoms with Gasteiger partial charge in [0.25, 0.3) is 0 Å². The number of halogens is 2. The average molecular weight is 452 g/mol. The van der Waals surface area contributed by atoms with Crippen molar-refractivity contribution in [3.05, 3.63) is 36.8 Å². The first-order chi connectivity index (χ1) is 9.10. The van der Waals surface area contributed by atoms with Gasteiger partial charge in [-0.2, -0.15) is 5.10 Å². The molecule has 0 bridgehead atoms. The molecule has 0 saturated heterocycles. The summed E-state index contributed by atoms with van der Waals surface area (Å²) in [4.78, 5) is 4.27. The van der Waals surface area contributed by atoms with Crippen molar-refractivity contribution in [3.8, 4) is 5.75 Å². The van der Waals surface area contributed by atoms with Gasteiger partial charge in [-0.1, -0.05) is 0 Å². The zero-order chi connectivity index (χ0) is 13.8. The number of hydrazone groups is 1. The normalized spacial score (nSPS) is 10.9. The molecule has 1 aromatic carbocycles. The van der Waals surface area contributed by atoms with Crippen LogP contribution in [0.3, 0.4) is 0 Å². The average Bonchev–Trinajstić information content (AvgIpc) is 2.79. The number of hydrogen-bond acceptors (Lipinski definition) is 5. The molecule has 0 amide bonds. The Balaban J connectivity index is 2.12. The minimum Gasteiger partial charge on any atom is -0.496 e. The van der Waals surface area contributed by atoms with E-state index in [9.17, 15) is 0 Å². The standard InChI is InChI=1S/C12H11BrIN3OS/c1-7-6-19-12(16-7)17-15-5-8-3-9(13)11(18-2)4-10(8)14/h3-6H,1-2H3,(H,16,17). The van der Waals surface area contributed by atoms with Gasteiger partial charge in [-0.05, 0) is 57.6 Å². The number of nitrogens with zero attached hydrogens (tertiary/aromatic N) is 2. The molecule has 1 aromatic heterocycles. The Kier molecular flexibility index (Phi) is 5.17. The number of aryl methyl sites for hydroxylation is 1. The summed E-state index contributed by atoms with van der Waals surface area (Å²) in [6, 6.07) is 3.93. The Bertz CT molecular complexity index is 615. The van der Waals surface area contributed by atoms with E-state index in [0.717, 1.165) is 30.2 Å². The van der Waals surface area contributed by atoms with E-state index in [0.29, 0.717) is 0 Å². The molecular weight excluding hydrogens is 441 g/mol. The zero-order valence-electron chi connectivity index (χ0n) is 10.3. The second-order valence-corrected chi connectivity index (χ2v) is 6.55. The van der Waals surface area contributed by atoms with Crippen molar-refractivity contribution in [2.45, 2.75) is 6.92 Å². The van der Waals surface area contributed by atoms with Crippen molar-refractivity contribution in [2.75, 3.05) is 12.5 Å². The van der Waals surface area contributed by atoms with E-state index in [1.807, 2.05) is 24.4 Å². The highest BCUT2D eigenvalue weighted by molar-refractivity contribution is 14.1. The van der Waals surface area contributed by atoms with Crippen LogP contribution < -0.4 is 10.2 Å². The summed E-state index contributed by atoms with van der Waals surface area (Å²) >= 11 is 7.24. The minimum absolute atomic E-state index is 0.788. The summed E-state index contributed by atoms with van der Waals surface area (Å²) in [7, 11) is 1.65. The lowest BCUT2D eigenvalue weighted by atomic mass is 10.2. The largest absolute Gasteiger partial charge is 0.496 e. The molecule has 0 atom stereocenters. The third-order valence-electron chi connectivity index (χ3n) is 2.25. The van der Waals surface area contributed by atoms with Crippen molar-refractivity contribution in [1.29, 1.82) is 0 Å². The number of thiazole rings is 1. The number of ether oxygens (including phenoxy) is 1. The van der Waals surface area contributed by atoms with Gasteiger partial charge < -0.3 is 4.74 Å². The van der Waals surface area contributed by atoms with Gasteiger partial charge in [-0.3, -0.25) is 5.43 Å².